The molecular weight excluding hydrogens is 288 g/mol. The van der Waals surface area contributed by atoms with Gasteiger partial charge in [-0.15, -0.1) is 0 Å². The SMILES string of the molecule is CC1C(=O)Nc2cc3cnc(Cl)nc3n2C12CCCCC2. The molecule has 1 spiro atoms. The quantitative estimate of drug-likeness (QED) is 0.759. The van der Waals surface area contributed by atoms with Crippen molar-refractivity contribution in [3.05, 3.63) is 17.5 Å². The normalized spacial score (nSPS) is 24.1. The summed E-state index contributed by atoms with van der Waals surface area (Å²) in [5.41, 5.74) is 0.661. The van der Waals surface area contributed by atoms with Gasteiger partial charge in [-0.25, -0.2) is 4.98 Å². The number of carbonyl (C=O) groups excluding carboxylic acids is 1. The van der Waals surface area contributed by atoms with Crippen LogP contribution >= 0.6 is 11.6 Å². The van der Waals surface area contributed by atoms with E-state index in [9.17, 15) is 4.79 Å². The second kappa shape index (κ2) is 4.44. The number of amides is 1. The van der Waals surface area contributed by atoms with Gasteiger partial charge in [0.2, 0.25) is 11.2 Å². The number of fused-ring (bicyclic) bond motifs is 4. The minimum absolute atomic E-state index is 0.0605. The topological polar surface area (TPSA) is 59.8 Å². The molecule has 1 unspecified atom stereocenters. The average molecular weight is 305 g/mol. The van der Waals surface area contributed by atoms with Crippen molar-refractivity contribution in [1.29, 1.82) is 0 Å². The predicted molar refractivity (Wildman–Crippen MR) is 81.4 cm³/mol. The number of rotatable bonds is 0. The number of halogens is 1. The Balaban J connectivity index is 2.02. The fraction of sp³-hybridized carbons (Fsp3) is 0.533. The van der Waals surface area contributed by atoms with Crippen LogP contribution in [0, 0.1) is 5.92 Å². The van der Waals surface area contributed by atoms with Crippen molar-refractivity contribution in [2.45, 2.75) is 44.6 Å². The molecule has 2 aliphatic rings. The molecule has 1 atom stereocenters. The van der Waals surface area contributed by atoms with Gasteiger partial charge < -0.3 is 9.88 Å². The first-order valence-corrected chi connectivity index (χ1v) is 7.85. The molecule has 1 amide bonds. The third-order valence-electron chi connectivity index (χ3n) is 5.13. The second-order valence-electron chi connectivity index (χ2n) is 6.16. The number of nitrogens with one attached hydrogen (secondary N) is 1. The summed E-state index contributed by atoms with van der Waals surface area (Å²) in [5, 5.41) is 4.18. The summed E-state index contributed by atoms with van der Waals surface area (Å²) in [6.45, 7) is 2.03. The zero-order valence-electron chi connectivity index (χ0n) is 11.9. The van der Waals surface area contributed by atoms with Gasteiger partial charge in [0, 0.05) is 11.6 Å². The van der Waals surface area contributed by atoms with Crippen molar-refractivity contribution in [2.24, 2.45) is 5.92 Å². The Morgan fingerprint density at radius 3 is 2.90 bits per heavy atom. The van der Waals surface area contributed by atoms with E-state index in [4.69, 9.17) is 11.6 Å². The van der Waals surface area contributed by atoms with E-state index in [1.54, 1.807) is 6.20 Å². The number of hydrogen-bond acceptors (Lipinski definition) is 3. The van der Waals surface area contributed by atoms with Gasteiger partial charge in [-0.3, -0.25) is 4.79 Å². The molecular formula is C15H17ClN4O. The van der Waals surface area contributed by atoms with Crippen LogP contribution in [0.4, 0.5) is 5.82 Å². The van der Waals surface area contributed by atoms with Crippen LogP contribution in [-0.4, -0.2) is 20.4 Å². The van der Waals surface area contributed by atoms with Crippen molar-refractivity contribution in [1.82, 2.24) is 14.5 Å². The first-order valence-electron chi connectivity index (χ1n) is 7.47. The molecule has 21 heavy (non-hydrogen) atoms. The highest BCUT2D eigenvalue weighted by atomic mass is 35.5. The molecule has 6 heteroatoms. The van der Waals surface area contributed by atoms with E-state index in [2.05, 4.69) is 19.9 Å². The van der Waals surface area contributed by atoms with Crippen LogP contribution in [0.15, 0.2) is 12.3 Å². The highest BCUT2D eigenvalue weighted by molar-refractivity contribution is 6.28. The summed E-state index contributed by atoms with van der Waals surface area (Å²) in [4.78, 5) is 20.9. The molecule has 5 nitrogen and oxygen atoms in total. The summed E-state index contributed by atoms with van der Waals surface area (Å²) in [5.74, 6) is 0.868. The van der Waals surface area contributed by atoms with Gasteiger partial charge in [-0.1, -0.05) is 26.2 Å². The molecule has 1 saturated carbocycles. The summed E-state index contributed by atoms with van der Waals surface area (Å²) in [6.07, 6.45) is 7.29. The number of anilines is 1. The molecule has 1 N–H and O–H groups in total. The fourth-order valence-electron chi connectivity index (χ4n) is 4.00. The maximum atomic E-state index is 12.4. The fourth-order valence-corrected chi connectivity index (χ4v) is 4.13. The molecule has 1 aliphatic carbocycles. The molecule has 0 bridgehead atoms. The molecule has 3 heterocycles. The lowest BCUT2D eigenvalue weighted by molar-refractivity contribution is -0.124. The largest absolute Gasteiger partial charge is 0.312 e. The van der Waals surface area contributed by atoms with E-state index in [1.807, 2.05) is 13.0 Å². The third kappa shape index (κ3) is 1.73. The molecule has 0 radical (unpaired) electrons. The Morgan fingerprint density at radius 2 is 2.14 bits per heavy atom. The lowest BCUT2D eigenvalue weighted by atomic mass is 9.72. The molecule has 0 aromatic carbocycles. The van der Waals surface area contributed by atoms with Crippen LogP contribution in [0.5, 0.6) is 0 Å². The number of nitrogens with zero attached hydrogens (tertiary/aromatic N) is 3. The van der Waals surface area contributed by atoms with Gasteiger partial charge in [-0.2, -0.15) is 4.98 Å². The summed E-state index contributed by atoms with van der Waals surface area (Å²) < 4.78 is 2.21. The molecule has 1 aliphatic heterocycles. The van der Waals surface area contributed by atoms with E-state index >= 15 is 0 Å². The number of hydrogen-bond donors (Lipinski definition) is 1. The Hall–Kier alpha value is -1.62. The smallest absolute Gasteiger partial charge is 0.230 e. The monoisotopic (exact) mass is 304 g/mol. The van der Waals surface area contributed by atoms with E-state index in [0.717, 1.165) is 42.5 Å². The van der Waals surface area contributed by atoms with Gasteiger partial charge >= 0.3 is 0 Å². The molecule has 2 aromatic heterocycles. The van der Waals surface area contributed by atoms with Gasteiger partial charge in [0.15, 0.2) is 0 Å². The number of carbonyl (C=O) groups is 1. The molecule has 1 fully saturated rings. The zero-order valence-corrected chi connectivity index (χ0v) is 12.7. The van der Waals surface area contributed by atoms with Crippen LogP contribution < -0.4 is 5.32 Å². The van der Waals surface area contributed by atoms with Gasteiger partial charge in [0.05, 0.1) is 11.5 Å². The first kappa shape index (κ1) is 13.1. The van der Waals surface area contributed by atoms with E-state index < -0.39 is 0 Å². The average Bonchev–Trinajstić information content (AvgIpc) is 2.84. The third-order valence-corrected chi connectivity index (χ3v) is 5.31. The molecule has 2 aromatic rings. The van der Waals surface area contributed by atoms with Crippen molar-refractivity contribution in [3.63, 3.8) is 0 Å². The summed E-state index contributed by atoms with van der Waals surface area (Å²) in [7, 11) is 0. The van der Waals surface area contributed by atoms with Crippen LogP contribution in [0.2, 0.25) is 5.28 Å². The van der Waals surface area contributed by atoms with Crippen LogP contribution in [-0.2, 0) is 10.3 Å². The standard InChI is InChI=1S/C15H17ClN4O/c1-9-13(21)18-11-7-10-8-17-14(16)19-12(10)20(11)15(9)5-3-2-4-6-15/h7-9H,2-6H2,1H3,(H,18,21). The first-order chi connectivity index (χ1) is 10.1. The predicted octanol–water partition coefficient (Wildman–Crippen LogP) is 3.33. The Kier molecular flexibility index (Phi) is 2.76. The minimum atomic E-state index is -0.171. The lowest BCUT2D eigenvalue weighted by Crippen LogP contribution is -2.51. The summed E-state index contributed by atoms with van der Waals surface area (Å²) >= 11 is 5.99. The number of aromatic nitrogens is 3. The van der Waals surface area contributed by atoms with E-state index in [-0.39, 0.29) is 22.6 Å². The highest BCUT2D eigenvalue weighted by Crippen LogP contribution is 2.47. The maximum absolute atomic E-state index is 12.4. The van der Waals surface area contributed by atoms with Crippen LogP contribution in [0.3, 0.4) is 0 Å². The highest BCUT2D eigenvalue weighted by Gasteiger charge is 2.47. The van der Waals surface area contributed by atoms with Gasteiger partial charge in [0.25, 0.3) is 0 Å². The van der Waals surface area contributed by atoms with Gasteiger partial charge in [0.1, 0.15) is 11.5 Å². The second-order valence-corrected chi connectivity index (χ2v) is 6.50. The van der Waals surface area contributed by atoms with Crippen molar-refractivity contribution < 1.29 is 4.79 Å². The van der Waals surface area contributed by atoms with Crippen molar-refractivity contribution in [2.75, 3.05) is 5.32 Å². The Labute approximate surface area is 127 Å². The van der Waals surface area contributed by atoms with Crippen LogP contribution in [0.25, 0.3) is 11.0 Å². The van der Waals surface area contributed by atoms with E-state index in [0.29, 0.717) is 0 Å². The minimum Gasteiger partial charge on any atom is -0.312 e. The van der Waals surface area contributed by atoms with Gasteiger partial charge in [-0.05, 0) is 30.5 Å². The maximum Gasteiger partial charge on any atom is 0.230 e. The van der Waals surface area contributed by atoms with E-state index in [1.165, 1.54) is 6.42 Å². The summed E-state index contributed by atoms with van der Waals surface area (Å²) in [6, 6.07) is 1.95. The Bertz CT molecular complexity index is 733. The van der Waals surface area contributed by atoms with Crippen molar-refractivity contribution >= 4 is 34.4 Å². The molecule has 0 saturated heterocycles. The van der Waals surface area contributed by atoms with Crippen molar-refractivity contribution in [3.8, 4) is 0 Å². The Morgan fingerprint density at radius 1 is 1.38 bits per heavy atom. The lowest BCUT2D eigenvalue weighted by Gasteiger charge is -2.46. The molecule has 4 rings (SSSR count). The van der Waals surface area contributed by atoms with Crippen LogP contribution in [0.1, 0.15) is 39.0 Å². The molecule has 110 valence electrons. The zero-order chi connectivity index (χ0) is 14.6.